The van der Waals surface area contributed by atoms with E-state index in [0.717, 1.165) is 22.3 Å². The van der Waals surface area contributed by atoms with Crippen LogP contribution in [0.15, 0.2) is 70.3 Å². The fourth-order valence-electron chi connectivity index (χ4n) is 3.03. The zero-order valence-corrected chi connectivity index (χ0v) is 19.0. The molecule has 2 heterocycles. The lowest BCUT2D eigenvalue weighted by atomic mass is 10.1. The van der Waals surface area contributed by atoms with Gasteiger partial charge in [-0.05, 0) is 48.0 Å². The highest BCUT2D eigenvalue weighted by Crippen LogP contribution is 2.30. The van der Waals surface area contributed by atoms with Gasteiger partial charge in [-0.2, -0.15) is 10.0 Å². The molecule has 0 radical (unpaired) electrons. The maximum absolute atomic E-state index is 12.5. The smallest absolute Gasteiger partial charge is 0.283 e. The second-order valence-electron chi connectivity index (χ2n) is 7.03. The lowest BCUT2D eigenvalue weighted by molar-refractivity contribution is -0.114. The molecule has 0 spiro atoms. The molecule has 164 valence electrons. The number of carbonyl (C=O) groups excluding carboxylic acids is 1. The molecule has 0 bridgehead atoms. The van der Waals surface area contributed by atoms with E-state index in [0.29, 0.717) is 11.3 Å². The summed E-state index contributed by atoms with van der Waals surface area (Å²) in [6.45, 7) is 3.47. The molecule has 0 aliphatic carbocycles. The van der Waals surface area contributed by atoms with Gasteiger partial charge in [0.2, 0.25) is 19.4 Å². The van der Waals surface area contributed by atoms with Crippen molar-refractivity contribution >= 4 is 49.0 Å². The Morgan fingerprint density at radius 1 is 1.16 bits per heavy atom. The van der Waals surface area contributed by atoms with Gasteiger partial charge < -0.3 is 4.74 Å². The summed E-state index contributed by atoms with van der Waals surface area (Å²) >= 11 is 0.780. The van der Waals surface area contributed by atoms with E-state index >= 15 is 0 Å². The number of hydrazone groups is 1. The average molecular weight is 469 g/mol. The van der Waals surface area contributed by atoms with Gasteiger partial charge >= 0.3 is 0 Å². The number of hydrogen-bond donors (Lipinski definition) is 1. The highest BCUT2D eigenvalue weighted by Gasteiger charge is 2.39. The normalized spacial score (nSPS) is 18.3. The number of sulfone groups is 1. The van der Waals surface area contributed by atoms with Gasteiger partial charge in [-0.15, -0.1) is 5.10 Å². The fourth-order valence-corrected chi connectivity index (χ4v) is 5.19. The number of aliphatic imine (C=N–C) groups is 1. The molecule has 0 fully saturated rings. The van der Waals surface area contributed by atoms with Gasteiger partial charge in [-0.1, -0.05) is 49.4 Å². The first-order valence-corrected chi connectivity index (χ1v) is 12.3. The van der Waals surface area contributed by atoms with Crippen LogP contribution in [0.2, 0.25) is 0 Å². The van der Waals surface area contributed by atoms with Crippen LogP contribution in [-0.2, 0) is 14.6 Å². The molecule has 2 aromatic rings. The van der Waals surface area contributed by atoms with E-state index in [4.69, 9.17) is 10.1 Å². The van der Waals surface area contributed by atoms with Gasteiger partial charge in [-0.3, -0.25) is 10.2 Å². The summed E-state index contributed by atoms with van der Waals surface area (Å²) in [5.41, 5.74) is 1.76. The van der Waals surface area contributed by atoms with Crippen LogP contribution >= 0.6 is 11.8 Å². The molecule has 0 saturated heterocycles. The second kappa shape index (κ2) is 8.71. The molecule has 0 aromatic heterocycles. The van der Waals surface area contributed by atoms with Gasteiger partial charge in [0.15, 0.2) is 5.84 Å². The third-order valence-corrected chi connectivity index (χ3v) is 7.94. The number of carbonyl (C=O) groups is 1. The second-order valence-corrected chi connectivity index (χ2v) is 10.4. The van der Waals surface area contributed by atoms with Crippen molar-refractivity contribution in [1.29, 1.82) is 5.41 Å². The van der Waals surface area contributed by atoms with Crippen LogP contribution in [0.4, 0.5) is 0 Å². The molecule has 0 saturated carbocycles. The minimum atomic E-state index is -3.56. The Bertz CT molecular complexity index is 1270. The minimum absolute atomic E-state index is 0.0274. The third-order valence-electron chi connectivity index (χ3n) is 4.86. The summed E-state index contributed by atoms with van der Waals surface area (Å²) in [5.74, 6) is -0.283. The van der Waals surface area contributed by atoms with Crippen LogP contribution < -0.4 is 4.74 Å². The number of hydrogen-bond acceptors (Lipinski definition) is 7. The number of rotatable bonds is 5. The van der Waals surface area contributed by atoms with Gasteiger partial charge in [0, 0.05) is 0 Å². The standard InChI is InChI=1S/C22H20N4O4S2/c1-3-32(28,29)22-25-26-19(23)18(20(27)24-21(26)31-22)13-15-9-11-17(12-10-15)30-14(2)16-7-5-4-6-8-16/h4-14,23H,3H2,1-2H3/b18-13-,23-19?/t14-/m0/s1. The minimum Gasteiger partial charge on any atom is -0.486 e. The predicted molar refractivity (Wildman–Crippen MR) is 126 cm³/mol. The summed E-state index contributed by atoms with van der Waals surface area (Å²) in [4.78, 5) is 16.4. The van der Waals surface area contributed by atoms with E-state index in [9.17, 15) is 13.2 Å². The summed E-state index contributed by atoms with van der Waals surface area (Å²) in [6, 6.07) is 17.0. The summed E-state index contributed by atoms with van der Waals surface area (Å²) in [7, 11) is -3.56. The molecule has 4 rings (SSSR count). The lowest BCUT2D eigenvalue weighted by Crippen LogP contribution is -2.35. The van der Waals surface area contributed by atoms with Crippen molar-refractivity contribution in [3.05, 3.63) is 71.3 Å². The quantitative estimate of drug-likeness (QED) is 0.667. The van der Waals surface area contributed by atoms with E-state index in [1.165, 1.54) is 13.0 Å². The predicted octanol–water partition coefficient (Wildman–Crippen LogP) is 3.84. The molecule has 1 atom stereocenters. The molecule has 10 heteroatoms. The Kier molecular flexibility index (Phi) is 5.98. The molecule has 2 aliphatic heterocycles. The molecule has 8 nitrogen and oxygen atoms in total. The van der Waals surface area contributed by atoms with Gasteiger partial charge in [-0.25, -0.2) is 8.42 Å². The fraction of sp³-hybridized carbons (Fsp3) is 0.182. The highest BCUT2D eigenvalue weighted by molar-refractivity contribution is 8.42. The molecule has 1 N–H and O–H groups in total. The summed E-state index contributed by atoms with van der Waals surface area (Å²) in [5, 5.41) is 13.5. The van der Waals surface area contributed by atoms with Crippen molar-refractivity contribution in [2.45, 2.75) is 20.0 Å². The van der Waals surface area contributed by atoms with Crippen molar-refractivity contribution in [3.63, 3.8) is 0 Å². The first kappa shape index (κ1) is 22.0. The van der Waals surface area contributed by atoms with Crippen LogP contribution in [0.25, 0.3) is 6.08 Å². The van der Waals surface area contributed by atoms with Gasteiger partial charge in [0.25, 0.3) is 5.91 Å². The molecule has 32 heavy (non-hydrogen) atoms. The van der Waals surface area contributed by atoms with Crippen LogP contribution in [0.5, 0.6) is 5.75 Å². The maximum atomic E-state index is 12.5. The number of amidine groups is 2. The number of nitrogens with zero attached hydrogens (tertiary/aromatic N) is 3. The number of ether oxygens (including phenoxy) is 1. The number of fused-ring (bicyclic) bond motifs is 1. The largest absolute Gasteiger partial charge is 0.486 e. The number of benzene rings is 2. The van der Waals surface area contributed by atoms with E-state index in [2.05, 4.69) is 10.1 Å². The van der Waals surface area contributed by atoms with Crippen LogP contribution in [0.3, 0.4) is 0 Å². The van der Waals surface area contributed by atoms with Crippen LogP contribution in [-0.4, -0.2) is 40.5 Å². The topological polar surface area (TPSA) is 112 Å². The monoisotopic (exact) mass is 468 g/mol. The zero-order chi connectivity index (χ0) is 22.9. The Morgan fingerprint density at radius 3 is 2.50 bits per heavy atom. The molecule has 0 unspecified atom stereocenters. The SMILES string of the molecule is CCS(=O)(=O)C1=NN2C(=N)/C(=C/c3ccc(O[C@@H](C)c4ccccc4)cc3)C(=O)N=C2S1. The van der Waals surface area contributed by atoms with E-state index in [1.54, 1.807) is 24.3 Å². The third kappa shape index (κ3) is 4.37. The van der Waals surface area contributed by atoms with E-state index in [1.807, 2.05) is 37.3 Å². The van der Waals surface area contributed by atoms with Crippen molar-refractivity contribution in [2.75, 3.05) is 5.75 Å². The zero-order valence-electron chi connectivity index (χ0n) is 17.3. The number of nitrogens with one attached hydrogen (secondary N) is 1. The van der Waals surface area contributed by atoms with Crippen molar-refractivity contribution in [2.24, 2.45) is 10.1 Å². The molecule has 2 aromatic carbocycles. The Hall–Kier alpha value is -3.24. The maximum Gasteiger partial charge on any atom is 0.283 e. The van der Waals surface area contributed by atoms with Crippen LogP contribution in [0.1, 0.15) is 31.1 Å². The molecular weight excluding hydrogens is 448 g/mol. The molecular formula is C22H20N4O4S2. The van der Waals surface area contributed by atoms with Crippen molar-refractivity contribution in [1.82, 2.24) is 5.01 Å². The van der Waals surface area contributed by atoms with Crippen LogP contribution in [0, 0.1) is 5.41 Å². The first-order chi connectivity index (χ1) is 15.3. The van der Waals surface area contributed by atoms with E-state index < -0.39 is 15.7 Å². The van der Waals surface area contributed by atoms with E-state index in [-0.39, 0.29) is 32.8 Å². The average Bonchev–Trinajstić information content (AvgIpc) is 3.23. The number of thioether (sulfide) groups is 1. The summed E-state index contributed by atoms with van der Waals surface area (Å²) in [6.07, 6.45) is 1.40. The highest BCUT2D eigenvalue weighted by atomic mass is 32.3. The van der Waals surface area contributed by atoms with Crippen molar-refractivity contribution < 1.29 is 17.9 Å². The van der Waals surface area contributed by atoms with Crippen molar-refractivity contribution in [3.8, 4) is 5.75 Å². The Labute approximate surface area is 190 Å². The summed E-state index contributed by atoms with van der Waals surface area (Å²) < 4.78 is 30.0. The lowest BCUT2D eigenvalue weighted by Gasteiger charge is -2.20. The van der Waals surface area contributed by atoms with Gasteiger partial charge in [0.05, 0.1) is 11.3 Å². The number of amides is 1. The van der Waals surface area contributed by atoms with Gasteiger partial charge in [0.1, 0.15) is 11.9 Å². The molecule has 1 amide bonds. The Balaban J connectivity index is 1.53. The first-order valence-electron chi connectivity index (χ1n) is 9.83. The molecule has 2 aliphatic rings. The Morgan fingerprint density at radius 2 is 1.84 bits per heavy atom.